The SMILES string of the molecule is CCCC(Nc1c([N+](=O)[O-])cnc2ccccc12)C(C)(C)O. The van der Waals surface area contributed by atoms with Crippen molar-refractivity contribution in [3.8, 4) is 0 Å². The number of benzene rings is 1. The lowest BCUT2D eigenvalue weighted by molar-refractivity contribution is -0.384. The lowest BCUT2D eigenvalue weighted by atomic mass is 9.94. The molecule has 0 fully saturated rings. The molecule has 6 heteroatoms. The van der Waals surface area contributed by atoms with Crippen molar-refractivity contribution in [1.29, 1.82) is 0 Å². The lowest BCUT2D eigenvalue weighted by Crippen LogP contribution is -2.42. The lowest BCUT2D eigenvalue weighted by Gasteiger charge is -2.31. The van der Waals surface area contributed by atoms with E-state index in [1.54, 1.807) is 19.9 Å². The molecule has 0 saturated carbocycles. The van der Waals surface area contributed by atoms with E-state index < -0.39 is 10.5 Å². The molecule has 1 atom stereocenters. The molecule has 1 heterocycles. The maximum absolute atomic E-state index is 11.3. The van der Waals surface area contributed by atoms with Gasteiger partial charge in [-0.3, -0.25) is 10.1 Å². The van der Waals surface area contributed by atoms with Crippen LogP contribution >= 0.6 is 0 Å². The molecule has 1 aromatic heterocycles. The number of aromatic nitrogens is 1. The summed E-state index contributed by atoms with van der Waals surface area (Å²) in [5.74, 6) is 0. The first-order valence-electron chi connectivity index (χ1n) is 7.35. The molecule has 0 spiro atoms. The summed E-state index contributed by atoms with van der Waals surface area (Å²) in [6.07, 6.45) is 2.83. The Kier molecular flexibility index (Phi) is 4.61. The van der Waals surface area contributed by atoms with Gasteiger partial charge in [0, 0.05) is 5.39 Å². The summed E-state index contributed by atoms with van der Waals surface area (Å²) >= 11 is 0. The first kappa shape index (κ1) is 16.2. The first-order chi connectivity index (χ1) is 10.3. The van der Waals surface area contributed by atoms with Gasteiger partial charge in [-0.25, -0.2) is 4.98 Å². The van der Waals surface area contributed by atoms with Crippen LogP contribution in [0, 0.1) is 10.1 Å². The number of nitro groups is 1. The zero-order valence-corrected chi connectivity index (χ0v) is 13.0. The third kappa shape index (κ3) is 3.33. The highest BCUT2D eigenvalue weighted by molar-refractivity contribution is 5.95. The average Bonchev–Trinajstić information content (AvgIpc) is 2.45. The molecule has 0 bridgehead atoms. The monoisotopic (exact) mass is 303 g/mol. The van der Waals surface area contributed by atoms with Gasteiger partial charge in [-0.15, -0.1) is 0 Å². The van der Waals surface area contributed by atoms with E-state index >= 15 is 0 Å². The smallest absolute Gasteiger partial charge is 0.311 e. The van der Waals surface area contributed by atoms with Gasteiger partial charge in [0.05, 0.1) is 22.1 Å². The third-order valence-corrected chi connectivity index (χ3v) is 3.70. The molecule has 0 aliphatic heterocycles. The molecule has 6 nitrogen and oxygen atoms in total. The fourth-order valence-corrected chi connectivity index (χ4v) is 2.49. The quantitative estimate of drug-likeness (QED) is 0.630. The maximum atomic E-state index is 11.3. The van der Waals surface area contributed by atoms with Gasteiger partial charge in [-0.2, -0.15) is 0 Å². The summed E-state index contributed by atoms with van der Waals surface area (Å²) in [6, 6.07) is 6.97. The molecule has 118 valence electrons. The molecular formula is C16H21N3O3. The number of hydrogen-bond acceptors (Lipinski definition) is 5. The van der Waals surface area contributed by atoms with Crippen LogP contribution in [-0.4, -0.2) is 26.7 Å². The van der Waals surface area contributed by atoms with Crippen LogP contribution in [0.5, 0.6) is 0 Å². The molecule has 0 aliphatic rings. The Balaban J connectivity index is 2.56. The Morgan fingerprint density at radius 3 is 2.68 bits per heavy atom. The normalized spacial score (nSPS) is 13.1. The number of nitrogens with zero attached hydrogens (tertiary/aromatic N) is 2. The number of nitrogens with one attached hydrogen (secondary N) is 1. The molecule has 2 N–H and O–H groups in total. The Morgan fingerprint density at radius 1 is 1.41 bits per heavy atom. The number of fused-ring (bicyclic) bond motifs is 1. The predicted octanol–water partition coefficient (Wildman–Crippen LogP) is 3.49. The number of para-hydroxylation sites is 1. The van der Waals surface area contributed by atoms with Crippen molar-refractivity contribution in [1.82, 2.24) is 4.98 Å². The second-order valence-corrected chi connectivity index (χ2v) is 5.93. The molecular weight excluding hydrogens is 282 g/mol. The van der Waals surface area contributed by atoms with Crippen LogP contribution in [0.15, 0.2) is 30.5 Å². The molecule has 0 saturated heterocycles. The van der Waals surface area contributed by atoms with Gasteiger partial charge in [0.2, 0.25) is 0 Å². The molecule has 1 unspecified atom stereocenters. The zero-order valence-electron chi connectivity index (χ0n) is 13.0. The van der Waals surface area contributed by atoms with Crippen LogP contribution in [0.1, 0.15) is 33.6 Å². The summed E-state index contributed by atoms with van der Waals surface area (Å²) < 4.78 is 0. The molecule has 1 aromatic carbocycles. The number of anilines is 1. The van der Waals surface area contributed by atoms with Crippen LogP contribution in [0.3, 0.4) is 0 Å². The summed E-state index contributed by atoms with van der Waals surface area (Å²) in [7, 11) is 0. The topological polar surface area (TPSA) is 88.3 Å². The predicted molar refractivity (Wildman–Crippen MR) is 87.0 cm³/mol. The standard InChI is InChI=1S/C16H21N3O3/c1-4-7-14(16(2,3)20)18-15-11-8-5-6-9-12(11)17-10-13(15)19(21)22/h5-6,8-10,14,20H,4,7H2,1-3H3,(H,17,18). The van der Waals surface area contributed by atoms with E-state index in [0.29, 0.717) is 23.0 Å². The first-order valence-corrected chi connectivity index (χ1v) is 7.35. The molecule has 2 rings (SSSR count). The van der Waals surface area contributed by atoms with Gasteiger partial charge in [-0.1, -0.05) is 31.5 Å². The van der Waals surface area contributed by atoms with Crippen molar-refractivity contribution in [3.63, 3.8) is 0 Å². The van der Waals surface area contributed by atoms with Crippen molar-refractivity contribution < 1.29 is 10.0 Å². The van der Waals surface area contributed by atoms with Gasteiger partial charge in [-0.05, 0) is 26.3 Å². The van der Waals surface area contributed by atoms with Crippen LogP contribution in [0.4, 0.5) is 11.4 Å². The van der Waals surface area contributed by atoms with Crippen molar-refractivity contribution >= 4 is 22.3 Å². The summed E-state index contributed by atoms with van der Waals surface area (Å²) in [5.41, 5.74) is 0.0238. The fraction of sp³-hybridized carbons (Fsp3) is 0.438. The van der Waals surface area contributed by atoms with E-state index in [1.807, 2.05) is 25.1 Å². The summed E-state index contributed by atoms with van der Waals surface area (Å²) in [4.78, 5) is 15.0. The van der Waals surface area contributed by atoms with Crippen molar-refractivity contribution in [2.75, 3.05) is 5.32 Å². The van der Waals surface area contributed by atoms with Gasteiger partial charge in [0.15, 0.2) is 0 Å². The second-order valence-electron chi connectivity index (χ2n) is 5.93. The highest BCUT2D eigenvalue weighted by Gasteiger charge is 2.29. The summed E-state index contributed by atoms with van der Waals surface area (Å²) in [5, 5.41) is 25.5. The third-order valence-electron chi connectivity index (χ3n) is 3.70. The minimum atomic E-state index is -0.992. The Labute approximate surface area is 129 Å². The molecule has 22 heavy (non-hydrogen) atoms. The molecule has 0 aliphatic carbocycles. The van der Waals surface area contributed by atoms with Crippen LogP contribution < -0.4 is 5.32 Å². The highest BCUT2D eigenvalue weighted by atomic mass is 16.6. The number of rotatable bonds is 6. The molecule has 0 radical (unpaired) electrons. The summed E-state index contributed by atoms with van der Waals surface area (Å²) in [6.45, 7) is 5.42. The van der Waals surface area contributed by atoms with E-state index in [4.69, 9.17) is 0 Å². The van der Waals surface area contributed by atoms with Crippen molar-refractivity contribution in [3.05, 3.63) is 40.6 Å². The minimum absolute atomic E-state index is 0.0796. The fourth-order valence-electron chi connectivity index (χ4n) is 2.49. The van der Waals surface area contributed by atoms with E-state index in [-0.39, 0.29) is 11.7 Å². The Morgan fingerprint density at radius 2 is 2.09 bits per heavy atom. The van der Waals surface area contributed by atoms with E-state index in [1.165, 1.54) is 6.20 Å². The number of pyridine rings is 1. The van der Waals surface area contributed by atoms with Crippen molar-refractivity contribution in [2.45, 2.75) is 45.3 Å². The van der Waals surface area contributed by atoms with Gasteiger partial charge in [0.1, 0.15) is 11.9 Å². The Bertz CT molecular complexity index is 680. The van der Waals surface area contributed by atoms with Crippen LogP contribution in [0.25, 0.3) is 10.9 Å². The highest BCUT2D eigenvalue weighted by Crippen LogP contribution is 2.33. The minimum Gasteiger partial charge on any atom is -0.388 e. The van der Waals surface area contributed by atoms with Gasteiger partial charge >= 0.3 is 5.69 Å². The van der Waals surface area contributed by atoms with Crippen LogP contribution in [0.2, 0.25) is 0 Å². The van der Waals surface area contributed by atoms with E-state index in [0.717, 1.165) is 6.42 Å². The van der Waals surface area contributed by atoms with E-state index in [9.17, 15) is 15.2 Å². The van der Waals surface area contributed by atoms with Crippen molar-refractivity contribution in [2.24, 2.45) is 0 Å². The van der Waals surface area contributed by atoms with Gasteiger partial charge in [0.25, 0.3) is 0 Å². The zero-order chi connectivity index (χ0) is 16.3. The largest absolute Gasteiger partial charge is 0.388 e. The van der Waals surface area contributed by atoms with Gasteiger partial charge < -0.3 is 10.4 Å². The number of aliphatic hydroxyl groups is 1. The van der Waals surface area contributed by atoms with E-state index in [2.05, 4.69) is 10.3 Å². The molecule has 2 aromatic rings. The Hall–Kier alpha value is -2.21. The average molecular weight is 303 g/mol. The molecule has 0 amide bonds. The van der Waals surface area contributed by atoms with Crippen LogP contribution in [-0.2, 0) is 0 Å². The number of hydrogen-bond donors (Lipinski definition) is 2. The maximum Gasteiger partial charge on any atom is 0.311 e. The second kappa shape index (κ2) is 6.27.